The lowest BCUT2D eigenvalue weighted by atomic mass is 9.82. The van der Waals surface area contributed by atoms with Crippen molar-refractivity contribution in [3.63, 3.8) is 0 Å². The Labute approximate surface area is 347 Å². The molecule has 282 valence electrons. The first-order chi connectivity index (χ1) is 28.8. The number of benzene rings is 9. The van der Waals surface area contributed by atoms with Gasteiger partial charge < -0.3 is 4.90 Å². The van der Waals surface area contributed by atoms with Gasteiger partial charge in [-0.3, -0.25) is 0 Å². The minimum Gasteiger partial charge on any atom is -0.310 e. The summed E-state index contributed by atoms with van der Waals surface area (Å²) in [5.74, 6) is 0. The van der Waals surface area contributed by atoms with Crippen molar-refractivity contribution in [2.24, 2.45) is 0 Å². The van der Waals surface area contributed by atoms with E-state index in [1.165, 1.54) is 94.3 Å². The van der Waals surface area contributed by atoms with Crippen molar-refractivity contribution in [1.82, 2.24) is 0 Å². The van der Waals surface area contributed by atoms with E-state index in [4.69, 9.17) is 0 Å². The molecule has 59 heavy (non-hydrogen) atoms. The first-order valence-corrected chi connectivity index (χ1v) is 20.8. The monoisotopic (exact) mass is 755 g/mol. The Bertz CT molecular complexity index is 3110. The normalized spacial score (nSPS) is 14.0. The number of rotatable bonds is 6. The second-order valence-electron chi connectivity index (χ2n) is 17.3. The first-order valence-electron chi connectivity index (χ1n) is 20.8. The Morgan fingerprint density at radius 1 is 0.322 bits per heavy atom. The molecule has 1 nitrogen and oxygen atoms in total. The van der Waals surface area contributed by atoms with Crippen LogP contribution in [0, 0.1) is 0 Å². The van der Waals surface area contributed by atoms with E-state index in [9.17, 15) is 0 Å². The largest absolute Gasteiger partial charge is 0.310 e. The standard InChI is InChI=1S/C58H45N/c1-57(2)52-28-13-11-25-49(52)56-53(57)29-16-30-55(56)59(43-32-34-48-47-24-10-12-27-51(47)58(3,4)54(48)37-43)42-22-14-21-41(35-42)50-36-40(38-17-6-5-7-18-38)31-33-46(50)45-26-15-20-39-19-8-9-23-44(39)45/h5-37H,1-4H3. The van der Waals surface area contributed by atoms with Crippen molar-refractivity contribution >= 4 is 27.8 Å². The minimum absolute atomic E-state index is 0.123. The molecule has 0 saturated heterocycles. The fourth-order valence-corrected chi connectivity index (χ4v) is 10.3. The molecule has 0 aliphatic heterocycles. The van der Waals surface area contributed by atoms with E-state index in [1.54, 1.807) is 0 Å². The topological polar surface area (TPSA) is 3.24 Å². The Morgan fingerprint density at radius 2 is 0.898 bits per heavy atom. The summed E-state index contributed by atoms with van der Waals surface area (Å²) in [4.78, 5) is 2.53. The maximum atomic E-state index is 2.53. The van der Waals surface area contributed by atoms with E-state index in [2.05, 4.69) is 233 Å². The summed E-state index contributed by atoms with van der Waals surface area (Å²) in [6, 6.07) is 74.4. The van der Waals surface area contributed by atoms with Crippen LogP contribution in [0.1, 0.15) is 49.9 Å². The Kier molecular flexibility index (Phi) is 7.94. The highest BCUT2D eigenvalue weighted by Crippen LogP contribution is 2.56. The van der Waals surface area contributed by atoms with Gasteiger partial charge >= 0.3 is 0 Å². The van der Waals surface area contributed by atoms with Crippen LogP contribution in [0.15, 0.2) is 200 Å². The van der Waals surface area contributed by atoms with Crippen LogP contribution < -0.4 is 4.90 Å². The van der Waals surface area contributed by atoms with Crippen molar-refractivity contribution in [3.8, 4) is 55.6 Å². The van der Waals surface area contributed by atoms with Gasteiger partial charge in [0.2, 0.25) is 0 Å². The third kappa shape index (κ3) is 5.45. The van der Waals surface area contributed by atoms with Gasteiger partial charge in [0.05, 0.1) is 5.69 Å². The van der Waals surface area contributed by atoms with Gasteiger partial charge in [-0.2, -0.15) is 0 Å². The van der Waals surface area contributed by atoms with Gasteiger partial charge in [-0.25, -0.2) is 0 Å². The fraction of sp³-hybridized carbons (Fsp3) is 0.103. The second-order valence-corrected chi connectivity index (χ2v) is 17.3. The van der Waals surface area contributed by atoms with Gasteiger partial charge in [0.1, 0.15) is 0 Å². The maximum Gasteiger partial charge on any atom is 0.0543 e. The Balaban J connectivity index is 1.16. The molecular formula is C58H45N. The average molecular weight is 756 g/mol. The average Bonchev–Trinajstić information content (AvgIpc) is 3.66. The van der Waals surface area contributed by atoms with E-state index < -0.39 is 0 Å². The van der Waals surface area contributed by atoms with Crippen LogP contribution >= 0.6 is 0 Å². The smallest absolute Gasteiger partial charge is 0.0543 e. The number of nitrogens with zero attached hydrogens (tertiary/aromatic N) is 1. The minimum atomic E-state index is -0.131. The molecule has 0 amide bonds. The van der Waals surface area contributed by atoms with Crippen molar-refractivity contribution in [2.45, 2.75) is 38.5 Å². The number of hydrogen-bond donors (Lipinski definition) is 0. The Hall–Kier alpha value is -6.96. The third-order valence-corrected chi connectivity index (χ3v) is 13.3. The fourth-order valence-electron chi connectivity index (χ4n) is 10.3. The molecule has 0 bridgehead atoms. The zero-order valence-corrected chi connectivity index (χ0v) is 34.0. The van der Waals surface area contributed by atoms with Crippen molar-refractivity contribution in [2.75, 3.05) is 4.90 Å². The predicted octanol–water partition coefficient (Wildman–Crippen LogP) is 15.9. The molecule has 0 N–H and O–H groups in total. The number of hydrogen-bond acceptors (Lipinski definition) is 1. The molecule has 0 radical (unpaired) electrons. The van der Waals surface area contributed by atoms with Crippen LogP contribution in [0.2, 0.25) is 0 Å². The molecule has 9 aromatic rings. The SMILES string of the molecule is CC1(C)c2ccccc2-c2ccc(N(c3cccc(-c4cc(-c5ccccc5)ccc4-c4cccc5ccccc45)c3)c3cccc4c3-c3ccccc3C4(C)C)cc21. The highest BCUT2D eigenvalue weighted by molar-refractivity contribution is 6.02. The van der Waals surface area contributed by atoms with Crippen molar-refractivity contribution < 1.29 is 0 Å². The summed E-state index contributed by atoms with van der Waals surface area (Å²) >= 11 is 0. The number of fused-ring (bicyclic) bond motifs is 7. The molecule has 0 heterocycles. The molecule has 9 aromatic carbocycles. The summed E-state index contributed by atoms with van der Waals surface area (Å²) < 4.78 is 0. The highest BCUT2D eigenvalue weighted by Gasteiger charge is 2.39. The first kappa shape index (κ1) is 35.2. The lowest BCUT2D eigenvalue weighted by Crippen LogP contribution is -2.17. The lowest BCUT2D eigenvalue weighted by molar-refractivity contribution is 0.660. The summed E-state index contributed by atoms with van der Waals surface area (Å²) in [6.07, 6.45) is 0. The van der Waals surface area contributed by atoms with E-state index in [0.29, 0.717) is 0 Å². The van der Waals surface area contributed by atoms with Gasteiger partial charge in [-0.05, 0) is 119 Å². The lowest BCUT2D eigenvalue weighted by Gasteiger charge is -2.31. The van der Waals surface area contributed by atoms with E-state index in [1.807, 2.05) is 0 Å². The van der Waals surface area contributed by atoms with Gasteiger partial charge in [-0.15, -0.1) is 0 Å². The van der Waals surface area contributed by atoms with Gasteiger partial charge in [-0.1, -0.05) is 191 Å². The molecule has 0 fully saturated rings. The van der Waals surface area contributed by atoms with Crippen LogP contribution in [0.5, 0.6) is 0 Å². The molecule has 0 spiro atoms. The molecule has 11 rings (SSSR count). The van der Waals surface area contributed by atoms with Crippen molar-refractivity contribution in [1.29, 1.82) is 0 Å². The Morgan fingerprint density at radius 3 is 1.75 bits per heavy atom. The zero-order chi connectivity index (χ0) is 39.9. The van der Waals surface area contributed by atoms with Gasteiger partial charge in [0.25, 0.3) is 0 Å². The highest BCUT2D eigenvalue weighted by atomic mass is 15.1. The molecular weight excluding hydrogens is 711 g/mol. The van der Waals surface area contributed by atoms with E-state index in [-0.39, 0.29) is 10.8 Å². The maximum absolute atomic E-state index is 2.53. The molecule has 0 aromatic heterocycles. The summed E-state index contributed by atoms with van der Waals surface area (Å²) in [6.45, 7) is 9.49. The van der Waals surface area contributed by atoms with Crippen LogP contribution in [-0.2, 0) is 10.8 Å². The summed E-state index contributed by atoms with van der Waals surface area (Å²) in [7, 11) is 0. The van der Waals surface area contributed by atoms with E-state index >= 15 is 0 Å². The summed E-state index contributed by atoms with van der Waals surface area (Å²) in [5, 5.41) is 2.50. The van der Waals surface area contributed by atoms with Crippen LogP contribution in [0.4, 0.5) is 17.1 Å². The molecule has 2 aliphatic rings. The van der Waals surface area contributed by atoms with Gasteiger partial charge in [0, 0.05) is 27.8 Å². The molecule has 0 unspecified atom stereocenters. The molecule has 0 atom stereocenters. The zero-order valence-electron chi connectivity index (χ0n) is 34.0. The second kappa shape index (κ2) is 13.3. The van der Waals surface area contributed by atoms with Crippen molar-refractivity contribution in [3.05, 3.63) is 222 Å². The van der Waals surface area contributed by atoms with Crippen LogP contribution in [-0.4, -0.2) is 0 Å². The van der Waals surface area contributed by atoms with E-state index in [0.717, 1.165) is 11.4 Å². The molecule has 2 aliphatic carbocycles. The molecule has 0 saturated carbocycles. The quantitative estimate of drug-likeness (QED) is 0.163. The van der Waals surface area contributed by atoms with Crippen LogP contribution in [0.25, 0.3) is 66.4 Å². The number of anilines is 3. The van der Waals surface area contributed by atoms with Gasteiger partial charge in [0.15, 0.2) is 0 Å². The van der Waals surface area contributed by atoms with Crippen LogP contribution in [0.3, 0.4) is 0 Å². The third-order valence-electron chi connectivity index (χ3n) is 13.3. The predicted molar refractivity (Wildman–Crippen MR) is 250 cm³/mol. The summed E-state index contributed by atoms with van der Waals surface area (Å²) in [5.41, 5.74) is 21.2. The molecule has 1 heteroatoms.